The highest BCUT2D eigenvalue weighted by atomic mass is 16.6. The van der Waals surface area contributed by atoms with Gasteiger partial charge in [-0.15, -0.1) is 0 Å². The SMILES string of the molecule is COc1ccc([N+](=O)[O-])cc1CC[C@@H](C)O. The van der Waals surface area contributed by atoms with E-state index in [2.05, 4.69) is 0 Å². The van der Waals surface area contributed by atoms with Crippen LogP contribution in [0.15, 0.2) is 18.2 Å². The largest absolute Gasteiger partial charge is 0.496 e. The number of nitro groups is 1. The van der Waals surface area contributed by atoms with E-state index in [9.17, 15) is 15.2 Å². The van der Waals surface area contributed by atoms with Gasteiger partial charge in [0.25, 0.3) is 5.69 Å². The lowest BCUT2D eigenvalue weighted by Gasteiger charge is -2.09. The number of ether oxygens (including phenoxy) is 1. The standard InChI is InChI=1S/C11H15NO4/c1-8(13)3-4-9-7-10(12(14)15)5-6-11(9)16-2/h5-8,13H,3-4H2,1-2H3/t8-/m1/s1. The molecule has 0 fully saturated rings. The summed E-state index contributed by atoms with van der Waals surface area (Å²) in [6.07, 6.45) is 0.684. The maximum Gasteiger partial charge on any atom is 0.269 e. The lowest BCUT2D eigenvalue weighted by atomic mass is 10.1. The normalized spacial score (nSPS) is 12.2. The molecule has 1 N–H and O–H groups in total. The first-order chi connectivity index (χ1) is 7.54. The predicted octanol–water partition coefficient (Wildman–Crippen LogP) is 1.92. The third-order valence-corrected chi connectivity index (χ3v) is 2.31. The zero-order valence-electron chi connectivity index (χ0n) is 9.34. The number of nitro benzene ring substituents is 1. The van der Waals surface area contributed by atoms with Crippen molar-refractivity contribution >= 4 is 5.69 Å². The molecule has 0 saturated heterocycles. The molecule has 0 saturated carbocycles. The summed E-state index contributed by atoms with van der Waals surface area (Å²) >= 11 is 0. The highest BCUT2D eigenvalue weighted by molar-refractivity contribution is 5.43. The van der Waals surface area contributed by atoms with Crippen LogP contribution in [0.1, 0.15) is 18.9 Å². The van der Waals surface area contributed by atoms with Crippen molar-refractivity contribution in [2.75, 3.05) is 7.11 Å². The number of non-ortho nitro benzene ring substituents is 1. The smallest absolute Gasteiger partial charge is 0.269 e. The summed E-state index contributed by atoms with van der Waals surface area (Å²) in [5, 5.41) is 19.8. The molecule has 0 unspecified atom stereocenters. The van der Waals surface area contributed by atoms with Crippen LogP contribution < -0.4 is 4.74 Å². The van der Waals surface area contributed by atoms with E-state index in [1.54, 1.807) is 13.0 Å². The first-order valence-electron chi connectivity index (χ1n) is 5.04. The molecule has 0 heterocycles. The van der Waals surface area contributed by atoms with Crippen LogP contribution >= 0.6 is 0 Å². The fourth-order valence-electron chi connectivity index (χ4n) is 1.44. The second-order valence-electron chi connectivity index (χ2n) is 3.64. The van der Waals surface area contributed by atoms with E-state index in [1.165, 1.54) is 19.2 Å². The van der Waals surface area contributed by atoms with E-state index in [-0.39, 0.29) is 5.69 Å². The monoisotopic (exact) mass is 225 g/mol. The Hall–Kier alpha value is -1.62. The van der Waals surface area contributed by atoms with Gasteiger partial charge in [-0.05, 0) is 25.8 Å². The Morgan fingerprint density at radius 2 is 2.25 bits per heavy atom. The highest BCUT2D eigenvalue weighted by Crippen LogP contribution is 2.25. The number of nitrogens with zero attached hydrogens (tertiary/aromatic N) is 1. The first-order valence-corrected chi connectivity index (χ1v) is 5.04. The maximum absolute atomic E-state index is 10.6. The third kappa shape index (κ3) is 3.20. The molecular formula is C11H15NO4. The summed E-state index contributed by atoms with van der Waals surface area (Å²) in [6, 6.07) is 4.47. The van der Waals surface area contributed by atoms with Crippen LogP contribution in [0.4, 0.5) is 5.69 Å². The minimum absolute atomic E-state index is 0.0430. The molecule has 5 heteroatoms. The van der Waals surface area contributed by atoms with Gasteiger partial charge in [0.1, 0.15) is 5.75 Å². The molecule has 0 radical (unpaired) electrons. The summed E-state index contributed by atoms with van der Waals surface area (Å²) in [6.45, 7) is 1.68. The molecule has 5 nitrogen and oxygen atoms in total. The molecule has 1 rings (SSSR count). The molecule has 88 valence electrons. The first kappa shape index (κ1) is 12.4. The Balaban J connectivity index is 2.93. The van der Waals surface area contributed by atoms with Gasteiger partial charge in [-0.2, -0.15) is 0 Å². The van der Waals surface area contributed by atoms with Gasteiger partial charge >= 0.3 is 0 Å². The third-order valence-electron chi connectivity index (χ3n) is 2.31. The highest BCUT2D eigenvalue weighted by Gasteiger charge is 2.11. The average molecular weight is 225 g/mol. The van der Waals surface area contributed by atoms with Gasteiger partial charge in [0.15, 0.2) is 0 Å². The second-order valence-corrected chi connectivity index (χ2v) is 3.64. The molecule has 0 amide bonds. The van der Waals surface area contributed by atoms with E-state index < -0.39 is 11.0 Å². The van der Waals surface area contributed by atoms with Gasteiger partial charge in [0.2, 0.25) is 0 Å². The van der Waals surface area contributed by atoms with E-state index in [4.69, 9.17) is 4.74 Å². The van der Waals surface area contributed by atoms with Gasteiger partial charge < -0.3 is 9.84 Å². The Morgan fingerprint density at radius 3 is 2.75 bits per heavy atom. The number of aliphatic hydroxyl groups excluding tert-OH is 1. The van der Waals surface area contributed by atoms with Crippen LogP contribution in [0.25, 0.3) is 0 Å². The van der Waals surface area contributed by atoms with Crippen molar-refractivity contribution in [2.24, 2.45) is 0 Å². The second kappa shape index (κ2) is 5.46. The fourth-order valence-corrected chi connectivity index (χ4v) is 1.44. The number of aryl methyl sites for hydroxylation is 1. The molecule has 0 bridgehead atoms. The van der Waals surface area contributed by atoms with Crippen LogP contribution in [-0.4, -0.2) is 23.2 Å². The Kier molecular flexibility index (Phi) is 4.25. The topological polar surface area (TPSA) is 72.6 Å². The number of hydrogen-bond donors (Lipinski definition) is 1. The lowest BCUT2D eigenvalue weighted by molar-refractivity contribution is -0.384. The van der Waals surface area contributed by atoms with Crippen molar-refractivity contribution in [3.05, 3.63) is 33.9 Å². The minimum atomic E-state index is -0.439. The Bertz CT molecular complexity index is 376. The number of benzene rings is 1. The molecule has 0 aliphatic carbocycles. The summed E-state index contributed by atoms with van der Waals surface area (Å²) in [7, 11) is 1.52. The number of rotatable bonds is 5. The van der Waals surface area contributed by atoms with Crippen molar-refractivity contribution in [1.82, 2.24) is 0 Å². The van der Waals surface area contributed by atoms with E-state index in [1.807, 2.05) is 0 Å². The summed E-state index contributed by atoms with van der Waals surface area (Å²) in [5.41, 5.74) is 0.791. The molecule has 16 heavy (non-hydrogen) atoms. The van der Waals surface area contributed by atoms with Gasteiger partial charge in [-0.1, -0.05) is 0 Å². The molecule has 1 aromatic carbocycles. The van der Waals surface area contributed by atoms with Gasteiger partial charge in [0.05, 0.1) is 18.1 Å². The van der Waals surface area contributed by atoms with Crippen molar-refractivity contribution in [2.45, 2.75) is 25.9 Å². The minimum Gasteiger partial charge on any atom is -0.496 e. The van der Waals surface area contributed by atoms with Crippen molar-refractivity contribution in [3.63, 3.8) is 0 Å². The molecular weight excluding hydrogens is 210 g/mol. The zero-order valence-corrected chi connectivity index (χ0v) is 9.34. The Labute approximate surface area is 93.8 Å². The maximum atomic E-state index is 10.6. The zero-order chi connectivity index (χ0) is 12.1. The van der Waals surface area contributed by atoms with Gasteiger partial charge in [-0.25, -0.2) is 0 Å². The molecule has 0 aliphatic rings. The van der Waals surface area contributed by atoms with Crippen LogP contribution in [0.5, 0.6) is 5.75 Å². The summed E-state index contributed by atoms with van der Waals surface area (Å²) < 4.78 is 5.11. The van der Waals surface area contributed by atoms with Crippen LogP contribution in [0, 0.1) is 10.1 Å². The number of hydrogen-bond acceptors (Lipinski definition) is 4. The van der Waals surface area contributed by atoms with Crippen molar-refractivity contribution in [3.8, 4) is 5.75 Å². The van der Waals surface area contributed by atoms with Crippen LogP contribution in [-0.2, 0) is 6.42 Å². The molecule has 0 aliphatic heterocycles. The summed E-state index contributed by atoms with van der Waals surface area (Å²) in [5.74, 6) is 0.617. The molecule has 1 atom stereocenters. The lowest BCUT2D eigenvalue weighted by Crippen LogP contribution is -2.03. The van der Waals surface area contributed by atoms with Gasteiger partial charge in [-0.3, -0.25) is 10.1 Å². The molecule has 0 spiro atoms. The predicted molar refractivity (Wildman–Crippen MR) is 59.7 cm³/mol. The summed E-state index contributed by atoms with van der Waals surface area (Å²) in [4.78, 5) is 10.2. The fraction of sp³-hybridized carbons (Fsp3) is 0.455. The van der Waals surface area contributed by atoms with E-state index in [0.29, 0.717) is 18.6 Å². The van der Waals surface area contributed by atoms with Crippen LogP contribution in [0.3, 0.4) is 0 Å². The van der Waals surface area contributed by atoms with Crippen molar-refractivity contribution in [1.29, 1.82) is 0 Å². The van der Waals surface area contributed by atoms with E-state index in [0.717, 1.165) is 5.56 Å². The number of aliphatic hydroxyl groups is 1. The quantitative estimate of drug-likeness (QED) is 0.613. The average Bonchev–Trinajstić information content (AvgIpc) is 2.25. The van der Waals surface area contributed by atoms with E-state index >= 15 is 0 Å². The van der Waals surface area contributed by atoms with Gasteiger partial charge in [0, 0.05) is 17.7 Å². The Morgan fingerprint density at radius 1 is 1.56 bits per heavy atom. The molecule has 1 aromatic rings. The van der Waals surface area contributed by atoms with Crippen LogP contribution in [0.2, 0.25) is 0 Å². The molecule has 0 aromatic heterocycles. The van der Waals surface area contributed by atoms with Crippen molar-refractivity contribution < 1.29 is 14.8 Å². The number of methoxy groups -OCH3 is 1.